The largest absolute Gasteiger partial charge is 0.285 e. The van der Waals surface area contributed by atoms with Crippen LogP contribution in [0.1, 0.15) is 19.4 Å². The van der Waals surface area contributed by atoms with Crippen molar-refractivity contribution in [3.8, 4) is 0 Å². The second-order valence-corrected chi connectivity index (χ2v) is 5.53. The van der Waals surface area contributed by atoms with Gasteiger partial charge in [0.15, 0.2) is 5.84 Å². The molecule has 0 N–H and O–H groups in total. The molecule has 0 fully saturated rings. The Labute approximate surface area is 101 Å². The van der Waals surface area contributed by atoms with Crippen molar-refractivity contribution >= 4 is 21.6 Å². The van der Waals surface area contributed by atoms with E-state index >= 15 is 0 Å². The van der Waals surface area contributed by atoms with Gasteiger partial charge in [-0.2, -0.15) is 13.5 Å². The molecule has 0 saturated heterocycles. The summed E-state index contributed by atoms with van der Waals surface area (Å²) in [5.74, 6) is 0.363. The minimum Gasteiger partial charge on any atom is -0.250 e. The molecule has 0 saturated carbocycles. The second kappa shape index (κ2) is 3.96. The van der Waals surface area contributed by atoms with Gasteiger partial charge in [-0.25, -0.2) is 5.01 Å². The molecule has 1 aliphatic heterocycles. The van der Waals surface area contributed by atoms with E-state index in [9.17, 15) is 8.42 Å². The minimum atomic E-state index is -3.56. The molecule has 0 spiro atoms. The molecular weight excluding hydrogens is 238 g/mol. The number of hydrogen-bond donors (Lipinski definition) is 0. The number of hydrogen-bond acceptors (Lipinski definition) is 4. The van der Waals surface area contributed by atoms with Gasteiger partial charge in [-0.3, -0.25) is 0 Å². The summed E-state index contributed by atoms with van der Waals surface area (Å²) in [5, 5.41) is 5.66. The van der Waals surface area contributed by atoms with Crippen molar-refractivity contribution < 1.29 is 8.42 Å². The second-order valence-electron chi connectivity index (χ2n) is 3.96. The Hall–Kier alpha value is -1.69. The number of nitrogens with zero attached hydrogens (tertiary/aromatic N) is 3. The van der Waals surface area contributed by atoms with E-state index in [-0.39, 0.29) is 4.90 Å². The summed E-state index contributed by atoms with van der Waals surface area (Å²) >= 11 is 0. The fourth-order valence-electron chi connectivity index (χ4n) is 1.67. The highest BCUT2D eigenvalue weighted by atomic mass is 32.2. The lowest BCUT2D eigenvalue weighted by molar-refractivity contribution is 0.545. The van der Waals surface area contributed by atoms with Crippen LogP contribution in [0.25, 0.3) is 0 Å². The van der Waals surface area contributed by atoms with Crippen LogP contribution < -0.4 is 0 Å². The van der Waals surface area contributed by atoms with E-state index in [1.807, 2.05) is 13.8 Å². The summed E-state index contributed by atoms with van der Waals surface area (Å²) in [6, 6.07) is 6.75. The van der Waals surface area contributed by atoms with Gasteiger partial charge in [-0.15, -0.1) is 4.40 Å². The average molecular weight is 251 g/mol. The number of rotatable bonds is 1. The van der Waals surface area contributed by atoms with Crippen LogP contribution in [0.5, 0.6) is 0 Å². The maximum Gasteiger partial charge on any atom is 0.285 e. The molecule has 0 unspecified atom stereocenters. The summed E-state index contributed by atoms with van der Waals surface area (Å²) in [4.78, 5) is 0.241. The molecule has 0 aromatic heterocycles. The van der Waals surface area contributed by atoms with Crippen molar-refractivity contribution in [2.24, 2.45) is 9.50 Å². The highest BCUT2D eigenvalue weighted by Gasteiger charge is 2.30. The first-order valence-corrected chi connectivity index (χ1v) is 6.56. The molecule has 6 heteroatoms. The molecule has 5 nitrogen and oxygen atoms in total. The number of hydrazone groups is 1. The molecule has 1 aromatic rings. The van der Waals surface area contributed by atoms with Crippen molar-refractivity contribution in [1.82, 2.24) is 5.01 Å². The summed E-state index contributed by atoms with van der Waals surface area (Å²) in [5.41, 5.74) is 1.43. The average Bonchev–Trinajstić information content (AvgIpc) is 2.51. The lowest BCUT2D eigenvalue weighted by atomic mass is 10.2. The highest BCUT2D eigenvalue weighted by molar-refractivity contribution is 7.90. The van der Waals surface area contributed by atoms with Gasteiger partial charge in [0.2, 0.25) is 0 Å². The Kier molecular flexibility index (Phi) is 2.74. The lowest BCUT2D eigenvalue weighted by Crippen LogP contribution is -2.21. The maximum atomic E-state index is 11.8. The normalized spacial score (nSPS) is 16.1. The van der Waals surface area contributed by atoms with Crippen molar-refractivity contribution in [3.05, 3.63) is 29.8 Å². The van der Waals surface area contributed by atoms with Gasteiger partial charge in [0, 0.05) is 18.3 Å². The van der Waals surface area contributed by atoms with E-state index < -0.39 is 10.0 Å². The van der Waals surface area contributed by atoms with Gasteiger partial charge in [-0.1, -0.05) is 12.1 Å². The molecule has 1 aliphatic rings. The zero-order chi connectivity index (χ0) is 12.6. The first-order valence-electron chi connectivity index (χ1n) is 5.12. The van der Waals surface area contributed by atoms with Crippen LogP contribution in [0.2, 0.25) is 0 Å². The van der Waals surface area contributed by atoms with Crippen LogP contribution in [0.3, 0.4) is 0 Å². The van der Waals surface area contributed by atoms with E-state index in [0.29, 0.717) is 11.4 Å². The minimum absolute atomic E-state index is 0.241. The van der Waals surface area contributed by atoms with Crippen molar-refractivity contribution in [1.29, 1.82) is 0 Å². The number of benzene rings is 1. The van der Waals surface area contributed by atoms with Crippen molar-refractivity contribution in [2.45, 2.75) is 18.7 Å². The van der Waals surface area contributed by atoms with Gasteiger partial charge in [0.1, 0.15) is 4.90 Å². The van der Waals surface area contributed by atoms with Crippen molar-refractivity contribution in [3.63, 3.8) is 0 Å². The SMILES string of the molecule is CC(C)=NN(C)C1=NS(=O)(=O)c2ccccc21. The summed E-state index contributed by atoms with van der Waals surface area (Å²) < 4.78 is 27.3. The Morgan fingerprint density at radius 1 is 1.29 bits per heavy atom. The Balaban J connectivity index is 2.56. The molecule has 17 heavy (non-hydrogen) atoms. The maximum absolute atomic E-state index is 11.8. The molecule has 90 valence electrons. The van der Waals surface area contributed by atoms with E-state index in [4.69, 9.17) is 0 Å². The molecule has 1 heterocycles. The topological polar surface area (TPSA) is 62.1 Å². The summed E-state index contributed by atoms with van der Waals surface area (Å²) in [7, 11) is -1.87. The van der Waals surface area contributed by atoms with Crippen LogP contribution >= 0.6 is 0 Å². The molecule has 0 bridgehead atoms. The monoisotopic (exact) mass is 251 g/mol. The third kappa shape index (κ3) is 2.08. The smallest absolute Gasteiger partial charge is 0.250 e. The molecule has 0 aliphatic carbocycles. The standard InChI is InChI=1S/C11H13N3O2S/c1-8(2)12-14(3)11-9-6-4-5-7-10(9)17(15,16)13-11/h4-7H,1-3H3. The lowest BCUT2D eigenvalue weighted by Gasteiger charge is -2.12. The van der Waals surface area contributed by atoms with Crippen LogP contribution in [0.4, 0.5) is 0 Å². The summed E-state index contributed by atoms with van der Waals surface area (Å²) in [6.45, 7) is 3.68. The molecular formula is C11H13N3O2S. The van der Waals surface area contributed by atoms with Gasteiger partial charge >= 0.3 is 0 Å². The Bertz CT molecular complexity index is 613. The van der Waals surface area contributed by atoms with E-state index in [1.54, 1.807) is 31.3 Å². The number of sulfonamides is 1. The molecule has 1 aromatic carbocycles. The van der Waals surface area contributed by atoms with Crippen LogP contribution in [-0.2, 0) is 10.0 Å². The first kappa shape index (κ1) is 11.8. The summed E-state index contributed by atoms with van der Waals surface area (Å²) in [6.07, 6.45) is 0. The number of fused-ring (bicyclic) bond motifs is 1. The van der Waals surface area contributed by atoms with E-state index in [1.165, 1.54) is 5.01 Å². The van der Waals surface area contributed by atoms with Crippen LogP contribution in [0.15, 0.2) is 38.7 Å². The third-order valence-corrected chi connectivity index (χ3v) is 3.59. The third-order valence-electron chi connectivity index (χ3n) is 2.27. The molecule has 2 rings (SSSR count). The predicted molar refractivity (Wildman–Crippen MR) is 66.7 cm³/mol. The van der Waals surface area contributed by atoms with E-state index in [0.717, 1.165) is 5.71 Å². The van der Waals surface area contributed by atoms with Crippen LogP contribution in [-0.4, -0.2) is 32.0 Å². The molecule has 0 atom stereocenters. The van der Waals surface area contributed by atoms with Crippen LogP contribution in [0, 0.1) is 0 Å². The Morgan fingerprint density at radius 2 is 1.94 bits per heavy atom. The first-order chi connectivity index (χ1) is 7.92. The fraction of sp³-hybridized carbons (Fsp3) is 0.273. The van der Waals surface area contributed by atoms with Gasteiger partial charge in [-0.05, 0) is 26.0 Å². The zero-order valence-corrected chi connectivity index (χ0v) is 10.7. The predicted octanol–water partition coefficient (Wildman–Crippen LogP) is 1.46. The van der Waals surface area contributed by atoms with Gasteiger partial charge < -0.3 is 0 Å². The van der Waals surface area contributed by atoms with Gasteiger partial charge in [0.05, 0.1) is 0 Å². The van der Waals surface area contributed by atoms with Gasteiger partial charge in [0.25, 0.3) is 10.0 Å². The zero-order valence-electron chi connectivity index (χ0n) is 9.88. The highest BCUT2D eigenvalue weighted by Crippen LogP contribution is 2.26. The fourth-order valence-corrected chi connectivity index (χ4v) is 2.90. The van der Waals surface area contributed by atoms with Crippen molar-refractivity contribution in [2.75, 3.05) is 7.05 Å². The molecule has 0 radical (unpaired) electrons. The Morgan fingerprint density at radius 3 is 2.59 bits per heavy atom. The van der Waals surface area contributed by atoms with E-state index in [2.05, 4.69) is 9.50 Å². The quantitative estimate of drug-likeness (QED) is 0.561. The molecule has 0 amide bonds. The number of amidine groups is 1.